The van der Waals surface area contributed by atoms with E-state index in [-0.39, 0.29) is 5.75 Å². The van der Waals surface area contributed by atoms with Crippen molar-refractivity contribution in [2.45, 2.75) is 4.90 Å². The summed E-state index contributed by atoms with van der Waals surface area (Å²) in [6.45, 7) is -0.477. The Morgan fingerprint density at radius 1 is 0.960 bits per heavy atom. The van der Waals surface area contributed by atoms with Gasteiger partial charge in [-0.05, 0) is 36.4 Å². The average molecular weight is 379 g/mol. The van der Waals surface area contributed by atoms with Gasteiger partial charge in [-0.15, -0.1) is 11.8 Å². The molecule has 0 radical (unpaired) electrons. The highest BCUT2D eigenvalue weighted by Crippen LogP contribution is 2.16. The number of esters is 1. The van der Waals surface area contributed by atoms with Gasteiger partial charge in [-0.25, -0.2) is 0 Å². The highest BCUT2D eigenvalue weighted by molar-refractivity contribution is 8.00. The molecule has 6 nitrogen and oxygen atoms in total. The molecule has 0 heterocycles. The van der Waals surface area contributed by atoms with Crippen molar-refractivity contribution in [2.75, 3.05) is 12.4 Å². The summed E-state index contributed by atoms with van der Waals surface area (Å²) in [6, 6.07) is 15.5. The van der Waals surface area contributed by atoms with Crippen LogP contribution in [0.3, 0.4) is 0 Å². The molecule has 2 N–H and O–H groups in total. The van der Waals surface area contributed by atoms with E-state index in [0.717, 1.165) is 4.90 Å². The van der Waals surface area contributed by atoms with Gasteiger partial charge in [0.2, 0.25) is 0 Å². The lowest BCUT2D eigenvalue weighted by Gasteiger charge is -2.08. The van der Waals surface area contributed by atoms with Gasteiger partial charge in [-0.3, -0.25) is 25.2 Å². The molecule has 25 heavy (non-hydrogen) atoms. The summed E-state index contributed by atoms with van der Waals surface area (Å²) in [5.41, 5.74) is 4.73. The molecule has 0 aromatic heterocycles. The second-order valence-electron chi connectivity index (χ2n) is 4.77. The fourth-order valence-electron chi connectivity index (χ4n) is 1.68. The summed E-state index contributed by atoms with van der Waals surface area (Å²) >= 11 is 7.04. The normalized spacial score (nSPS) is 9.96. The van der Waals surface area contributed by atoms with Crippen molar-refractivity contribution in [2.24, 2.45) is 0 Å². The standard InChI is InChI=1S/C17H15ClN2O4S/c18-13-8-6-12(7-9-13)17(23)20-19-15(21)10-24-16(22)11-25-14-4-2-1-3-5-14/h1-9H,10-11H2,(H,19,21)(H,20,23). The van der Waals surface area contributed by atoms with Gasteiger partial charge in [-0.1, -0.05) is 29.8 Å². The van der Waals surface area contributed by atoms with Gasteiger partial charge in [0.1, 0.15) is 0 Å². The molecule has 0 bridgehead atoms. The van der Waals surface area contributed by atoms with Crippen molar-refractivity contribution in [1.82, 2.24) is 10.9 Å². The van der Waals surface area contributed by atoms with E-state index in [4.69, 9.17) is 16.3 Å². The van der Waals surface area contributed by atoms with E-state index in [0.29, 0.717) is 10.6 Å². The number of hydrazine groups is 1. The molecule has 0 unspecified atom stereocenters. The first-order chi connectivity index (χ1) is 12.0. The van der Waals surface area contributed by atoms with Crippen LogP contribution in [0, 0.1) is 0 Å². The zero-order valence-electron chi connectivity index (χ0n) is 13.0. The van der Waals surface area contributed by atoms with Crippen molar-refractivity contribution in [3.63, 3.8) is 0 Å². The zero-order chi connectivity index (χ0) is 18.1. The van der Waals surface area contributed by atoms with Crippen molar-refractivity contribution >= 4 is 41.1 Å². The minimum atomic E-state index is -0.639. The lowest BCUT2D eigenvalue weighted by molar-refractivity contribution is -0.146. The summed E-state index contributed by atoms with van der Waals surface area (Å²) in [5, 5.41) is 0.501. The number of amides is 2. The fourth-order valence-corrected chi connectivity index (χ4v) is 2.53. The second kappa shape index (κ2) is 9.71. The van der Waals surface area contributed by atoms with Crippen molar-refractivity contribution < 1.29 is 19.1 Å². The maximum absolute atomic E-state index is 11.8. The summed E-state index contributed by atoms with van der Waals surface area (Å²) in [5.74, 6) is -1.57. The Morgan fingerprint density at radius 2 is 1.64 bits per heavy atom. The summed E-state index contributed by atoms with van der Waals surface area (Å²) in [4.78, 5) is 35.9. The first-order valence-electron chi connectivity index (χ1n) is 7.23. The Balaban J connectivity index is 1.65. The van der Waals surface area contributed by atoms with Crippen LogP contribution >= 0.6 is 23.4 Å². The Labute approximate surface area is 153 Å². The minimum absolute atomic E-state index is 0.0917. The molecular formula is C17H15ClN2O4S. The molecule has 0 saturated carbocycles. The number of rotatable bonds is 6. The third kappa shape index (κ3) is 6.86. The van der Waals surface area contributed by atoms with Crippen LogP contribution in [0.25, 0.3) is 0 Å². The maximum atomic E-state index is 11.8. The van der Waals surface area contributed by atoms with Gasteiger partial charge in [0, 0.05) is 15.5 Å². The molecule has 8 heteroatoms. The van der Waals surface area contributed by atoms with Gasteiger partial charge in [0.15, 0.2) is 6.61 Å². The van der Waals surface area contributed by atoms with Crippen molar-refractivity contribution in [1.29, 1.82) is 0 Å². The number of halogens is 1. The summed E-state index contributed by atoms with van der Waals surface area (Å²) < 4.78 is 4.84. The Hall–Kier alpha value is -2.51. The number of hydrogen-bond donors (Lipinski definition) is 2. The molecule has 0 atom stereocenters. The van der Waals surface area contributed by atoms with Gasteiger partial charge in [0.05, 0.1) is 5.75 Å². The molecule has 0 aliphatic heterocycles. The predicted octanol–water partition coefficient (Wildman–Crippen LogP) is 2.44. The molecule has 0 aliphatic carbocycles. The molecule has 0 spiro atoms. The van der Waals surface area contributed by atoms with Crippen LogP contribution in [0.1, 0.15) is 10.4 Å². The monoisotopic (exact) mass is 378 g/mol. The molecular weight excluding hydrogens is 364 g/mol. The van der Waals surface area contributed by atoms with Gasteiger partial charge >= 0.3 is 5.97 Å². The van der Waals surface area contributed by atoms with Crippen LogP contribution in [0.4, 0.5) is 0 Å². The maximum Gasteiger partial charge on any atom is 0.316 e. The zero-order valence-corrected chi connectivity index (χ0v) is 14.6. The third-order valence-electron chi connectivity index (χ3n) is 2.89. The number of benzene rings is 2. The summed E-state index contributed by atoms with van der Waals surface area (Å²) in [6.07, 6.45) is 0. The van der Waals surface area contributed by atoms with E-state index in [1.165, 1.54) is 23.9 Å². The van der Waals surface area contributed by atoms with Crippen LogP contribution in [0.15, 0.2) is 59.5 Å². The van der Waals surface area contributed by atoms with E-state index < -0.39 is 24.4 Å². The number of nitrogens with one attached hydrogen (secondary N) is 2. The highest BCUT2D eigenvalue weighted by atomic mass is 35.5. The molecule has 0 saturated heterocycles. The Bertz CT molecular complexity index is 738. The number of carbonyl (C=O) groups is 3. The van der Waals surface area contributed by atoms with E-state index in [2.05, 4.69) is 10.9 Å². The highest BCUT2D eigenvalue weighted by Gasteiger charge is 2.10. The Kier molecular flexibility index (Phi) is 7.31. The van der Waals surface area contributed by atoms with Crippen LogP contribution in [-0.2, 0) is 14.3 Å². The van der Waals surface area contributed by atoms with Crippen LogP contribution in [0.5, 0.6) is 0 Å². The molecule has 2 aromatic carbocycles. The second-order valence-corrected chi connectivity index (χ2v) is 6.26. The van der Waals surface area contributed by atoms with Gasteiger partial charge in [0.25, 0.3) is 11.8 Å². The van der Waals surface area contributed by atoms with E-state index in [9.17, 15) is 14.4 Å². The number of hydrogen-bond acceptors (Lipinski definition) is 5. The first-order valence-corrected chi connectivity index (χ1v) is 8.59. The van der Waals surface area contributed by atoms with Crippen LogP contribution in [0.2, 0.25) is 5.02 Å². The van der Waals surface area contributed by atoms with Gasteiger partial charge < -0.3 is 4.74 Å². The van der Waals surface area contributed by atoms with Crippen molar-refractivity contribution in [3.8, 4) is 0 Å². The van der Waals surface area contributed by atoms with E-state index >= 15 is 0 Å². The lowest BCUT2D eigenvalue weighted by atomic mass is 10.2. The molecule has 2 aromatic rings. The average Bonchev–Trinajstić information content (AvgIpc) is 2.64. The van der Waals surface area contributed by atoms with Crippen molar-refractivity contribution in [3.05, 3.63) is 65.2 Å². The fraction of sp³-hybridized carbons (Fsp3) is 0.118. The number of ether oxygens (including phenoxy) is 1. The van der Waals surface area contributed by atoms with Gasteiger partial charge in [-0.2, -0.15) is 0 Å². The third-order valence-corrected chi connectivity index (χ3v) is 4.12. The SMILES string of the molecule is O=C(COC(=O)CSc1ccccc1)NNC(=O)c1ccc(Cl)cc1. The molecule has 0 aliphatic rings. The molecule has 2 amide bonds. The van der Waals surface area contributed by atoms with Crippen LogP contribution in [-0.4, -0.2) is 30.1 Å². The van der Waals surface area contributed by atoms with E-state index in [1.54, 1.807) is 12.1 Å². The topological polar surface area (TPSA) is 84.5 Å². The Morgan fingerprint density at radius 3 is 2.32 bits per heavy atom. The molecule has 2 rings (SSSR count). The quantitative estimate of drug-likeness (QED) is 0.458. The predicted molar refractivity (Wildman–Crippen MR) is 95.2 cm³/mol. The number of thioether (sulfide) groups is 1. The molecule has 130 valence electrons. The smallest absolute Gasteiger partial charge is 0.316 e. The lowest BCUT2D eigenvalue weighted by Crippen LogP contribution is -2.43. The first kappa shape index (κ1) is 18.8. The van der Waals surface area contributed by atoms with Crippen LogP contribution < -0.4 is 10.9 Å². The molecule has 0 fully saturated rings. The minimum Gasteiger partial charge on any atom is -0.455 e. The largest absolute Gasteiger partial charge is 0.455 e. The van der Waals surface area contributed by atoms with E-state index in [1.807, 2.05) is 30.3 Å². The number of carbonyl (C=O) groups excluding carboxylic acids is 3. The summed E-state index contributed by atoms with van der Waals surface area (Å²) in [7, 11) is 0.